The van der Waals surface area contributed by atoms with Crippen molar-refractivity contribution in [3.63, 3.8) is 0 Å². The summed E-state index contributed by atoms with van der Waals surface area (Å²) in [4.78, 5) is 14.0. The molecule has 4 nitrogen and oxygen atoms in total. The fraction of sp³-hybridized carbons (Fsp3) is 0.100. The van der Waals surface area contributed by atoms with Crippen molar-refractivity contribution in [2.75, 3.05) is 0 Å². The first-order valence-corrected chi connectivity index (χ1v) is 8.95. The number of hydrogen-bond donors (Lipinski definition) is 1. The maximum atomic E-state index is 12.9. The second-order valence-electron chi connectivity index (χ2n) is 5.88. The zero-order valence-electron chi connectivity index (χ0n) is 13.6. The van der Waals surface area contributed by atoms with Crippen LogP contribution in [0.2, 0.25) is 0 Å². The molecule has 0 saturated carbocycles. The molecule has 0 spiro atoms. The lowest BCUT2D eigenvalue weighted by atomic mass is 10.2. The van der Waals surface area contributed by atoms with Crippen molar-refractivity contribution < 1.29 is 0 Å². The van der Waals surface area contributed by atoms with Crippen molar-refractivity contribution >= 4 is 22.2 Å². The van der Waals surface area contributed by atoms with Crippen LogP contribution in [0, 0.1) is 5.41 Å². The Balaban J connectivity index is 1.94. The molecule has 0 unspecified atom stereocenters. The Labute approximate surface area is 148 Å². The molecular weight excluding hydrogens is 330 g/mol. The smallest absolute Gasteiger partial charge is 0.263 e. The van der Waals surface area contributed by atoms with Gasteiger partial charge in [0.05, 0.1) is 24.0 Å². The Hall–Kier alpha value is -2.92. The number of benzene rings is 2. The number of hydrogen-bond acceptors (Lipinski definition) is 3. The number of thiophene rings is 1. The number of para-hydroxylation sites is 1. The molecule has 0 aliphatic heterocycles. The van der Waals surface area contributed by atoms with E-state index in [-0.39, 0.29) is 11.2 Å². The van der Waals surface area contributed by atoms with Crippen LogP contribution in [-0.4, -0.2) is 9.13 Å². The van der Waals surface area contributed by atoms with Crippen molar-refractivity contribution in [3.8, 4) is 0 Å². The van der Waals surface area contributed by atoms with E-state index < -0.39 is 0 Å². The summed E-state index contributed by atoms with van der Waals surface area (Å²) in [6.07, 6.45) is 0. The molecule has 2 heterocycles. The van der Waals surface area contributed by atoms with Gasteiger partial charge in [-0.1, -0.05) is 48.5 Å². The number of nitrogens with one attached hydrogen (secondary N) is 1. The van der Waals surface area contributed by atoms with Gasteiger partial charge in [-0.2, -0.15) is 0 Å². The largest absolute Gasteiger partial charge is 0.307 e. The molecular formula is C20H17N3OS. The first kappa shape index (κ1) is 15.6. The Morgan fingerprint density at radius 1 is 0.840 bits per heavy atom. The Bertz CT molecular complexity index is 1130. The first-order valence-electron chi connectivity index (χ1n) is 8.07. The Morgan fingerprint density at radius 2 is 1.60 bits per heavy atom. The third-order valence-corrected chi connectivity index (χ3v) is 5.12. The van der Waals surface area contributed by atoms with E-state index in [1.54, 1.807) is 15.9 Å². The summed E-state index contributed by atoms with van der Waals surface area (Å²) >= 11 is 1.60. The lowest BCUT2D eigenvalue weighted by molar-refractivity contribution is 0.607. The maximum absolute atomic E-state index is 12.9. The molecule has 25 heavy (non-hydrogen) atoms. The molecule has 0 radical (unpaired) electrons. The molecule has 0 atom stereocenters. The Morgan fingerprint density at radius 3 is 2.36 bits per heavy atom. The highest BCUT2D eigenvalue weighted by atomic mass is 32.1. The molecule has 4 rings (SSSR count). The highest BCUT2D eigenvalue weighted by molar-refractivity contribution is 7.09. The molecule has 4 aromatic rings. The average Bonchev–Trinajstić information content (AvgIpc) is 3.16. The van der Waals surface area contributed by atoms with Gasteiger partial charge in [0.2, 0.25) is 5.62 Å². The third kappa shape index (κ3) is 2.94. The number of fused-ring (bicyclic) bond motifs is 1. The van der Waals surface area contributed by atoms with Gasteiger partial charge in [0.15, 0.2) is 0 Å². The van der Waals surface area contributed by atoms with Crippen molar-refractivity contribution in [2.45, 2.75) is 13.1 Å². The predicted molar refractivity (Wildman–Crippen MR) is 101 cm³/mol. The fourth-order valence-electron chi connectivity index (χ4n) is 3.02. The van der Waals surface area contributed by atoms with Gasteiger partial charge in [0.25, 0.3) is 5.56 Å². The molecule has 124 valence electrons. The first-order chi connectivity index (χ1) is 12.2. The van der Waals surface area contributed by atoms with E-state index in [1.165, 1.54) is 0 Å². The van der Waals surface area contributed by atoms with Gasteiger partial charge in [0, 0.05) is 4.88 Å². The molecule has 0 bridgehead atoms. The average molecular weight is 347 g/mol. The summed E-state index contributed by atoms with van der Waals surface area (Å²) in [7, 11) is 0. The van der Waals surface area contributed by atoms with Gasteiger partial charge in [-0.3, -0.25) is 14.8 Å². The molecule has 0 amide bonds. The number of nitrogens with zero attached hydrogens (tertiary/aromatic N) is 2. The van der Waals surface area contributed by atoms with Crippen LogP contribution >= 0.6 is 11.3 Å². The minimum absolute atomic E-state index is 0.113. The van der Waals surface area contributed by atoms with E-state index in [0.29, 0.717) is 18.5 Å². The minimum atomic E-state index is -0.113. The summed E-state index contributed by atoms with van der Waals surface area (Å²) < 4.78 is 3.46. The van der Waals surface area contributed by atoms with Gasteiger partial charge < -0.3 is 4.57 Å². The highest BCUT2D eigenvalue weighted by Crippen LogP contribution is 2.12. The molecule has 0 aliphatic carbocycles. The van der Waals surface area contributed by atoms with Gasteiger partial charge in [-0.25, -0.2) is 0 Å². The van der Waals surface area contributed by atoms with Crippen molar-refractivity contribution in [1.82, 2.24) is 9.13 Å². The van der Waals surface area contributed by atoms with E-state index in [2.05, 4.69) is 0 Å². The highest BCUT2D eigenvalue weighted by Gasteiger charge is 2.11. The summed E-state index contributed by atoms with van der Waals surface area (Å²) in [6, 6.07) is 21.5. The van der Waals surface area contributed by atoms with Crippen molar-refractivity contribution in [2.24, 2.45) is 0 Å². The second kappa shape index (κ2) is 6.53. The second-order valence-corrected chi connectivity index (χ2v) is 6.92. The number of rotatable bonds is 4. The van der Waals surface area contributed by atoms with Crippen LogP contribution in [0.25, 0.3) is 10.9 Å². The van der Waals surface area contributed by atoms with Gasteiger partial charge in [-0.05, 0) is 29.1 Å². The van der Waals surface area contributed by atoms with Crippen LogP contribution in [0.4, 0.5) is 0 Å². The zero-order chi connectivity index (χ0) is 17.2. The van der Waals surface area contributed by atoms with E-state index in [9.17, 15) is 4.79 Å². The number of aromatic nitrogens is 2. The van der Waals surface area contributed by atoms with E-state index in [0.717, 1.165) is 16.0 Å². The summed E-state index contributed by atoms with van der Waals surface area (Å²) in [5.74, 6) is 0. The van der Waals surface area contributed by atoms with E-state index >= 15 is 0 Å². The molecule has 2 aromatic heterocycles. The molecule has 0 fully saturated rings. The maximum Gasteiger partial charge on any atom is 0.263 e. The van der Waals surface area contributed by atoms with E-state index in [1.807, 2.05) is 76.7 Å². The Kier molecular flexibility index (Phi) is 4.07. The lowest BCUT2D eigenvalue weighted by Crippen LogP contribution is -2.40. The SMILES string of the molecule is N=c1n(Cc2cccs2)c(=O)c2ccccc2n1Cc1ccccc1. The monoisotopic (exact) mass is 347 g/mol. The van der Waals surface area contributed by atoms with Crippen LogP contribution in [0.1, 0.15) is 10.4 Å². The lowest BCUT2D eigenvalue weighted by Gasteiger charge is -2.15. The van der Waals surface area contributed by atoms with Crippen molar-refractivity contribution in [1.29, 1.82) is 5.41 Å². The van der Waals surface area contributed by atoms with Crippen molar-refractivity contribution in [3.05, 3.63) is 98.5 Å². The van der Waals surface area contributed by atoms with Crippen LogP contribution in [0.5, 0.6) is 0 Å². The van der Waals surface area contributed by atoms with Crippen LogP contribution < -0.4 is 11.2 Å². The molecule has 1 N–H and O–H groups in total. The minimum Gasteiger partial charge on any atom is -0.307 e. The standard InChI is InChI=1S/C20H17N3OS/c21-20-22(13-15-7-2-1-3-8-15)18-11-5-4-10-17(18)19(24)23(20)14-16-9-6-12-25-16/h1-12,21H,13-14H2. The summed E-state index contributed by atoms with van der Waals surface area (Å²) in [5.41, 5.74) is 2.01. The topological polar surface area (TPSA) is 50.8 Å². The zero-order valence-corrected chi connectivity index (χ0v) is 14.4. The fourth-order valence-corrected chi connectivity index (χ4v) is 3.72. The van der Waals surface area contributed by atoms with Gasteiger partial charge in [0.1, 0.15) is 0 Å². The molecule has 5 heteroatoms. The summed E-state index contributed by atoms with van der Waals surface area (Å²) in [5, 5.41) is 11.3. The van der Waals surface area contributed by atoms with Crippen LogP contribution in [0.15, 0.2) is 76.9 Å². The predicted octanol–water partition coefficient (Wildman–Crippen LogP) is 3.44. The van der Waals surface area contributed by atoms with Gasteiger partial charge in [-0.15, -0.1) is 11.3 Å². The van der Waals surface area contributed by atoms with Crippen LogP contribution in [-0.2, 0) is 13.1 Å². The molecule has 2 aromatic carbocycles. The third-order valence-electron chi connectivity index (χ3n) is 4.26. The molecule has 0 saturated heterocycles. The quantitative estimate of drug-likeness (QED) is 0.604. The molecule has 0 aliphatic rings. The van der Waals surface area contributed by atoms with Gasteiger partial charge >= 0.3 is 0 Å². The van der Waals surface area contributed by atoms with Crippen LogP contribution in [0.3, 0.4) is 0 Å². The normalized spacial score (nSPS) is 11.0. The summed E-state index contributed by atoms with van der Waals surface area (Å²) in [6.45, 7) is 0.986. The van der Waals surface area contributed by atoms with E-state index in [4.69, 9.17) is 5.41 Å².